The van der Waals surface area contributed by atoms with E-state index in [1.807, 2.05) is 18.2 Å². The molecule has 0 radical (unpaired) electrons. The van der Waals surface area contributed by atoms with Crippen molar-refractivity contribution in [2.45, 2.75) is 52.0 Å². The van der Waals surface area contributed by atoms with Crippen molar-refractivity contribution < 1.29 is 9.90 Å². The van der Waals surface area contributed by atoms with Crippen LogP contribution < -0.4 is 4.90 Å². The summed E-state index contributed by atoms with van der Waals surface area (Å²) in [5, 5.41) is 8.91. The summed E-state index contributed by atoms with van der Waals surface area (Å²) in [6, 6.07) is 10.6. The summed E-state index contributed by atoms with van der Waals surface area (Å²) in [6.07, 6.45) is 4.74. The molecule has 0 saturated heterocycles. The van der Waals surface area contributed by atoms with E-state index < -0.39 is 5.97 Å². The van der Waals surface area contributed by atoms with Crippen molar-refractivity contribution in [3.63, 3.8) is 0 Å². The minimum atomic E-state index is -0.730. The molecular formula is C16H25NO2. The lowest BCUT2D eigenvalue weighted by Crippen LogP contribution is -2.36. The number of carboxylic acids is 1. The number of hydrogen-bond acceptors (Lipinski definition) is 2. The van der Waals surface area contributed by atoms with Crippen LogP contribution in [0.25, 0.3) is 0 Å². The highest BCUT2D eigenvalue weighted by Crippen LogP contribution is 2.22. The average molecular weight is 263 g/mol. The van der Waals surface area contributed by atoms with Gasteiger partial charge in [0.05, 0.1) is 6.42 Å². The zero-order chi connectivity index (χ0) is 14.1. The molecule has 106 valence electrons. The fourth-order valence-corrected chi connectivity index (χ4v) is 2.38. The van der Waals surface area contributed by atoms with Gasteiger partial charge in [0.2, 0.25) is 0 Å². The molecule has 1 aromatic carbocycles. The summed E-state index contributed by atoms with van der Waals surface area (Å²) in [4.78, 5) is 13.1. The van der Waals surface area contributed by atoms with Gasteiger partial charge in [-0.05, 0) is 25.0 Å². The van der Waals surface area contributed by atoms with Crippen molar-refractivity contribution in [2.24, 2.45) is 0 Å². The Morgan fingerprint density at radius 2 is 1.95 bits per heavy atom. The maximum atomic E-state index is 10.8. The van der Waals surface area contributed by atoms with Crippen LogP contribution in [0, 0.1) is 0 Å². The molecule has 0 saturated carbocycles. The molecule has 3 heteroatoms. The first-order valence-electron chi connectivity index (χ1n) is 7.22. The van der Waals surface area contributed by atoms with Crippen LogP contribution in [-0.4, -0.2) is 23.7 Å². The third kappa shape index (κ3) is 5.33. The van der Waals surface area contributed by atoms with E-state index in [9.17, 15) is 4.79 Å². The van der Waals surface area contributed by atoms with Gasteiger partial charge < -0.3 is 10.0 Å². The number of hydrogen-bond donors (Lipinski definition) is 1. The summed E-state index contributed by atoms with van der Waals surface area (Å²) in [5.41, 5.74) is 1.13. The zero-order valence-corrected chi connectivity index (χ0v) is 12.0. The number of nitrogens with zero attached hydrogens (tertiary/aromatic N) is 1. The first-order chi connectivity index (χ1) is 9.19. The van der Waals surface area contributed by atoms with Gasteiger partial charge in [0.1, 0.15) is 0 Å². The molecule has 0 fully saturated rings. The lowest BCUT2D eigenvalue weighted by atomic mass is 10.0. The second-order valence-corrected chi connectivity index (χ2v) is 4.88. The van der Waals surface area contributed by atoms with E-state index in [-0.39, 0.29) is 6.42 Å². The minimum absolute atomic E-state index is 0.192. The summed E-state index contributed by atoms with van der Waals surface area (Å²) in [5.74, 6) is -0.730. The highest BCUT2D eigenvalue weighted by molar-refractivity contribution is 5.67. The second-order valence-electron chi connectivity index (χ2n) is 4.88. The number of aliphatic carboxylic acids is 1. The molecule has 0 heterocycles. The summed E-state index contributed by atoms with van der Waals surface area (Å²) >= 11 is 0. The van der Waals surface area contributed by atoms with Crippen LogP contribution in [-0.2, 0) is 4.79 Å². The molecule has 1 N–H and O–H groups in total. The van der Waals surface area contributed by atoms with Gasteiger partial charge in [-0.15, -0.1) is 0 Å². The lowest BCUT2D eigenvalue weighted by Gasteiger charge is -2.33. The first-order valence-corrected chi connectivity index (χ1v) is 7.22. The molecule has 1 atom stereocenters. The molecule has 0 aliphatic rings. The quantitative estimate of drug-likeness (QED) is 0.733. The van der Waals surface area contributed by atoms with Crippen molar-refractivity contribution in [3.05, 3.63) is 30.3 Å². The Morgan fingerprint density at radius 1 is 1.26 bits per heavy atom. The number of unbranched alkanes of at least 4 members (excludes halogenated alkanes) is 1. The normalized spacial score (nSPS) is 12.1. The van der Waals surface area contributed by atoms with Crippen LogP contribution in [0.4, 0.5) is 5.69 Å². The number of carbonyl (C=O) groups is 1. The molecule has 1 aromatic rings. The summed E-state index contributed by atoms with van der Waals surface area (Å²) < 4.78 is 0. The van der Waals surface area contributed by atoms with E-state index in [0.29, 0.717) is 12.6 Å². The molecule has 0 bridgehead atoms. The number of rotatable bonds is 9. The molecule has 0 aliphatic heterocycles. The van der Waals surface area contributed by atoms with Crippen molar-refractivity contribution in [2.75, 3.05) is 11.4 Å². The smallest absolute Gasteiger partial charge is 0.305 e. The third-order valence-electron chi connectivity index (χ3n) is 3.46. The van der Waals surface area contributed by atoms with E-state index >= 15 is 0 Å². The van der Waals surface area contributed by atoms with Gasteiger partial charge in [-0.25, -0.2) is 0 Å². The number of anilines is 1. The minimum Gasteiger partial charge on any atom is -0.481 e. The van der Waals surface area contributed by atoms with Gasteiger partial charge in [-0.2, -0.15) is 0 Å². The molecule has 1 unspecified atom stereocenters. The van der Waals surface area contributed by atoms with Gasteiger partial charge in [-0.1, -0.05) is 44.9 Å². The summed E-state index contributed by atoms with van der Waals surface area (Å²) in [7, 11) is 0. The monoisotopic (exact) mass is 263 g/mol. The number of carboxylic acid groups (broad SMARTS) is 1. The Morgan fingerprint density at radius 3 is 2.47 bits per heavy atom. The third-order valence-corrected chi connectivity index (χ3v) is 3.46. The maximum absolute atomic E-state index is 10.8. The predicted octanol–water partition coefficient (Wildman–Crippen LogP) is 3.94. The van der Waals surface area contributed by atoms with Gasteiger partial charge in [0, 0.05) is 18.3 Å². The van der Waals surface area contributed by atoms with Gasteiger partial charge >= 0.3 is 5.97 Å². The average Bonchev–Trinajstić information content (AvgIpc) is 2.43. The fraction of sp³-hybridized carbons (Fsp3) is 0.562. The highest BCUT2D eigenvalue weighted by Gasteiger charge is 2.17. The molecule has 1 rings (SSSR count). The number of para-hydroxylation sites is 1. The molecule has 0 spiro atoms. The van der Waals surface area contributed by atoms with Gasteiger partial charge in [0.25, 0.3) is 0 Å². The Hall–Kier alpha value is -1.51. The SMILES string of the molecule is CCCCC(CC)N(CCC(=O)O)c1ccccc1. The van der Waals surface area contributed by atoms with Crippen LogP contribution in [0.2, 0.25) is 0 Å². The van der Waals surface area contributed by atoms with Crippen molar-refractivity contribution in [1.82, 2.24) is 0 Å². The molecule has 0 aliphatic carbocycles. The van der Waals surface area contributed by atoms with E-state index in [0.717, 1.165) is 18.5 Å². The summed E-state index contributed by atoms with van der Waals surface area (Å²) in [6.45, 7) is 4.95. The van der Waals surface area contributed by atoms with E-state index in [1.54, 1.807) is 0 Å². The predicted molar refractivity (Wildman–Crippen MR) is 79.6 cm³/mol. The Kier molecular flexibility index (Phi) is 7.01. The van der Waals surface area contributed by atoms with Crippen molar-refractivity contribution >= 4 is 11.7 Å². The van der Waals surface area contributed by atoms with E-state index in [2.05, 4.69) is 30.9 Å². The molecule has 0 aromatic heterocycles. The molecule has 0 amide bonds. The van der Waals surface area contributed by atoms with Crippen LogP contribution in [0.15, 0.2) is 30.3 Å². The first kappa shape index (κ1) is 15.5. The van der Waals surface area contributed by atoms with Crippen LogP contribution in [0.3, 0.4) is 0 Å². The Labute approximate surface area is 116 Å². The molecular weight excluding hydrogens is 238 g/mol. The van der Waals surface area contributed by atoms with Crippen LogP contribution in [0.5, 0.6) is 0 Å². The Bertz CT molecular complexity index is 364. The zero-order valence-electron chi connectivity index (χ0n) is 12.0. The molecule has 3 nitrogen and oxygen atoms in total. The Balaban J connectivity index is 2.80. The largest absolute Gasteiger partial charge is 0.481 e. The standard InChI is InChI=1S/C16H25NO2/c1-3-5-9-14(4-2)17(13-12-16(18)19)15-10-7-6-8-11-15/h6-8,10-11,14H,3-5,9,12-13H2,1-2H3,(H,18,19). The fourth-order valence-electron chi connectivity index (χ4n) is 2.38. The van der Waals surface area contributed by atoms with Crippen molar-refractivity contribution in [3.8, 4) is 0 Å². The van der Waals surface area contributed by atoms with Crippen molar-refractivity contribution in [1.29, 1.82) is 0 Å². The number of benzene rings is 1. The van der Waals surface area contributed by atoms with Crippen LogP contribution in [0.1, 0.15) is 46.0 Å². The molecule has 19 heavy (non-hydrogen) atoms. The van der Waals surface area contributed by atoms with Gasteiger partial charge in [0.15, 0.2) is 0 Å². The second kappa shape index (κ2) is 8.57. The topological polar surface area (TPSA) is 40.5 Å². The van der Waals surface area contributed by atoms with E-state index in [1.165, 1.54) is 12.8 Å². The lowest BCUT2D eigenvalue weighted by molar-refractivity contribution is -0.136. The van der Waals surface area contributed by atoms with E-state index in [4.69, 9.17) is 5.11 Å². The highest BCUT2D eigenvalue weighted by atomic mass is 16.4. The maximum Gasteiger partial charge on any atom is 0.305 e. The van der Waals surface area contributed by atoms with Crippen LogP contribution >= 0.6 is 0 Å². The van der Waals surface area contributed by atoms with Gasteiger partial charge in [-0.3, -0.25) is 4.79 Å².